The van der Waals surface area contributed by atoms with Crippen molar-refractivity contribution < 1.29 is 4.92 Å². The summed E-state index contributed by atoms with van der Waals surface area (Å²) in [5.74, 6) is 0. The zero-order valence-corrected chi connectivity index (χ0v) is 12.0. The van der Waals surface area contributed by atoms with Gasteiger partial charge in [0.2, 0.25) is 0 Å². The van der Waals surface area contributed by atoms with Crippen LogP contribution in [0.1, 0.15) is 11.1 Å². The van der Waals surface area contributed by atoms with E-state index in [1.54, 1.807) is 6.07 Å². The highest BCUT2D eigenvalue weighted by Crippen LogP contribution is 2.36. The average molecular weight is 308 g/mol. The molecular weight excluding hydrogens is 296 g/mol. The van der Waals surface area contributed by atoms with E-state index in [4.69, 9.17) is 0 Å². The average Bonchev–Trinajstić information content (AvgIpc) is 2.98. The van der Waals surface area contributed by atoms with Crippen molar-refractivity contribution in [1.29, 1.82) is 0 Å². The minimum atomic E-state index is -0.430. The van der Waals surface area contributed by atoms with E-state index >= 15 is 0 Å². The number of anilines is 1. The fourth-order valence-corrected chi connectivity index (χ4v) is 3.00. The zero-order valence-electron chi connectivity index (χ0n) is 12.0. The fraction of sp³-hybridized carbons (Fsp3) is 0.125. The molecule has 0 spiro atoms. The van der Waals surface area contributed by atoms with Crippen LogP contribution >= 0.6 is 0 Å². The zero-order chi connectivity index (χ0) is 16.0. The van der Waals surface area contributed by atoms with Crippen molar-refractivity contribution in [3.8, 4) is 0 Å². The fourth-order valence-electron chi connectivity index (χ4n) is 3.00. The summed E-state index contributed by atoms with van der Waals surface area (Å²) in [5.41, 5.74) is 2.70. The van der Waals surface area contributed by atoms with Crippen LogP contribution in [0.5, 0.6) is 0 Å². The lowest BCUT2D eigenvalue weighted by Crippen LogP contribution is -2.17. The number of hydrogen-bond donors (Lipinski definition) is 1. The summed E-state index contributed by atoms with van der Waals surface area (Å²) in [7, 11) is 0. The van der Waals surface area contributed by atoms with Crippen LogP contribution < -0.4 is 10.5 Å². The van der Waals surface area contributed by atoms with E-state index in [0.717, 1.165) is 11.1 Å². The van der Waals surface area contributed by atoms with E-state index in [0.29, 0.717) is 29.7 Å². The number of nitrogens with zero attached hydrogens (tertiary/aromatic N) is 3. The van der Waals surface area contributed by atoms with E-state index in [1.165, 1.54) is 12.4 Å². The lowest BCUT2D eigenvalue weighted by atomic mass is 10.1. The molecule has 114 valence electrons. The van der Waals surface area contributed by atoms with Crippen molar-refractivity contribution in [2.45, 2.75) is 13.1 Å². The predicted molar refractivity (Wildman–Crippen MR) is 85.3 cm³/mol. The van der Waals surface area contributed by atoms with Gasteiger partial charge in [-0.05, 0) is 17.2 Å². The molecule has 2 heterocycles. The molecule has 4 rings (SSSR count). The Kier molecular flexibility index (Phi) is 2.87. The first-order valence-corrected chi connectivity index (χ1v) is 7.11. The highest BCUT2D eigenvalue weighted by molar-refractivity contribution is 5.87. The van der Waals surface area contributed by atoms with Crippen LogP contribution in [0.25, 0.3) is 10.9 Å². The number of nitro groups is 1. The van der Waals surface area contributed by atoms with Gasteiger partial charge >= 0.3 is 0 Å². The number of rotatable bonds is 2. The highest BCUT2D eigenvalue weighted by atomic mass is 16.6. The highest BCUT2D eigenvalue weighted by Gasteiger charge is 2.26. The van der Waals surface area contributed by atoms with E-state index in [1.807, 2.05) is 29.2 Å². The van der Waals surface area contributed by atoms with Gasteiger partial charge in [0.15, 0.2) is 0 Å². The molecule has 7 heteroatoms. The minimum absolute atomic E-state index is 0.0385. The number of nitro benzene ring substituents is 1. The molecule has 1 aromatic heterocycles. The van der Waals surface area contributed by atoms with Crippen LogP contribution in [-0.2, 0) is 13.1 Å². The largest absolute Gasteiger partial charge is 0.357 e. The number of aromatic nitrogens is 2. The van der Waals surface area contributed by atoms with Gasteiger partial charge in [-0.3, -0.25) is 14.9 Å². The molecule has 3 aromatic rings. The lowest BCUT2D eigenvalue weighted by molar-refractivity contribution is -0.384. The van der Waals surface area contributed by atoms with Gasteiger partial charge in [-0.15, -0.1) is 0 Å². The van der Waals surface area contributed by atoms with Crippen molar-refractivity contribution >= 4 is 22.3 Å². The third kappa shape index (κ3) is 2.13. The molecule has 0 unspecified atom stereocenters. The summed E-state index contributed by atoms with van der Waals surface area (Å²) < 4.78 is 0. The molecule has 1 N–H and O–H groups in total. The maximum atomic E-state index is 12.0. The van der Waals surface area contributed by atoms with Gasteiger partial charge in [-0.1, -0.05) is 24.3 Å². The van der Waals surface area contributed by atoms with Gasteiger partial charge in [0.1, 0.15) is 5.69 Å². The van der Waals surface area contributed by atoms with Crippen molar-refractivity contribution in [3.63, 3.8) is 0 Å². The molecule has 0 bridgehead atoms. The Balaban J connectivity index is 1.89. The monoisotopic (exact) mass is 308 g/mol. The van der Waals surface area contributed by atoms with Crippen molar-refractivity contribution in [3.05, 3.63) is 74.3 Å². The molecule has 7 nitrogen and oxygen atoms in total. The lowest BCUT2D eigenvalue weighted by Gasteiger charge is -2.18. The number of H-pyrrole nitrogens is 1. The van der Waals surface area contributed by atoms with Gasteiger partial charge < -0.3 is 9.88 Å². The molecular formula is C16H12N4O3. The number of hydrogen-bond acceptors (Lipinski definition) is 5. The summed E-state index contributed by atoms with van der Waals surface area (Å²) >= 11 is 0. The Morgan fingerprint density at radius 2 is 1.87 bits per heavy atom. The van der Waals surface area contributed by atoms with Gasteiger partial charge in [0.25, 0.3) is 11.2 Å². The number of fused-ring (bicyclic) bond motifs is 2. The maximum absolute atomic E-state index is 12.0. The van der Waals surface area contributed by atoms with Gasteiger partial charge in [-0.25, -0.2) is 4.98 Å². The number of aromatic amines is 1. The summed E-state index contributed by atoms with van der Waals surface area (Å²) in [6, 6.07) is 10.8. The normalized spacial score (nSPS) is 13.3. The maximum Gasteiger partial charge on any atom is 0.294 e. The SMILES string of the molecule is O=c1[nH]cnc2cc([N+](=O)[O-])c(N3Cc4ccccc4C3)cc12. The molecule has 0 fully saturated rings. The first kappa shape index (κ1) is 13.4. The van der Waals surface area contributed by atoms with Crippen LogP contribution in [0, 0.1) is 10.1 Å². The molecule has 2 aromatic carbocycles. The van der Waals surface area contributed by atoms with Crippen LogP contribution in [-0.4, -0.2) is 14.9 Å². The Labute approximate surface area is 130 Å². The quantitative estimate of drug-likeness (QED) is 0.579. The minimum Gasteiger partial charge on any atom is -0.357 e. The Morgan fingerprint density at radius 3 is 2.52 bits per heavy atom. The molecule has 1 aliphatic rings. The van der Waals surface area contributed by atoms with Gasteiger partial charge in [-0.2, -0.15) is 0 Å². The van der Waals surface area contributed by atoms with Gasteiger partial charge in [0.05, 0.1) is 22.2 Å². The second-order valence-electron chi connectivity index (χ2n) is 5.47. The molecule has 0 atom stereocenters. The second kappa shape index (κ2) is 4.91. The first-order chi connectivity index (χ1) is 11.1. The van der Waals surface area contributed by atoms with Gasteiger partial charge in [0, 0.05) is 19.2 Å². The van der Waals surface area contributed by atoms with Crippen molar-refractivity contribution in [2.75, 3.05) is 4.90 Å². The summed E-state index contributed by atoms with van der Waals surface area (Å²) in [4.78, 5) is 31.4. The molecule has 23 heavy (non-hydrogen) atoms. The molecule has 0 aliphatic carbocycles. The molecule has 0 radical (unpaired) electrons. The van der Waals surface area contributed by atoms with E-state index in [9.17, 15) is 14.9 Å². The standard InChI is InChI=1S/C16H12N4O3/c21-16-12-5-14(15(20(22)23)6-13(12)17-9-18-16)19-7-10-3-1-2-4-11(10)8-19/h1-6,9H,7-8H2,(H,17,18,21). The summed E-state index contributed by atoms with van der Waals surface area (Å²) in [5, 5.41) is 11.8. The molecule has 1 aliphatic heterocycles. The smallest absolute Gasteiger partial charge is 0.294 e. The summed E-state index contributed by atoms with van der Waals surface area (Å²) in [6.07, 6.45) is 1.25. The third-order valence-electron chi connectivity index (χ3n) is 4.11. The number of benzene rings is 2. The van der Waals surface area contributed by atoms with Crippen LogP contribution in [0.4, 0.5) is 11.4 Å². The first-order valence-electron chi connectivity index (χ1n) is 7.11. The van der Waals surface area contributed by atoms with E-state index in [2.05, 4.69) is 9.97 Å². The molecule has 0 saturated heterocycles. The third-order valence-corrected chi connectivity index (χ3v) is 4.11. The summed E-state index contributed by atoms with van der Waals surface area (Å²) in [6.45, 7) is 1.17. The Hall–Kier alpha value is -3.22. The number of nitrogens with one attached hydrogen (secondary N) is 1. The van der Waals surface area contributed by atoms with E-state index < -0.39 is 4.92 Å². The van der Waals surface area contributed by atoms with E-state index in [-0.39, 0.29) is 11.2 Å². The predicted octanol–water partition coefficient (Wildman–Crippen LogP) is 2.35. The topological polar surface area (TPSA) is 92.1 Å². The Morgan fingerprint density at radius 1 is 1.17 bits per heavy atom. The van der Waals surface area contributed by atoms with Crippen molar-refractivity contribution in [2.24, 2.45) is 0 Å². The second-order valence-corrected chi connectivity index (χ2v) is 5.47. The Bertz CT molecular complexity index is 971. The van der Waals surface area contributed by atoms with Crippen LogP contribution in [0.15, 0.2) is 47.5 Å². The van der Waals surface area contributed by atoms with Crippen LogP contribution in [0.2, 0.25) is 0 Å². The van der Waals surface area contributed by atoms with Crippen LogP contribution in [0.3, 0.4) is 0 Å². The molecule has 0 amide bonds. The van der Waals surface area contributed by atoms with Crippen molar-refractivity contribution in [1.82, 2.24) is 9.97 Å². The molecule has 0 saturated carbocycles.